The maximum atomic E-state index is 12.2. The standard InChI is InChI=1S/C10H8BrF3/c11-7-1-2-8-3-5-9(6-4-8)10(12,13)14/h1,3-7H,2H2. The zero-order valence-corrected chi connectivity index (χ0v) is 8.77. The number of allylic oxidation sites excluding steroid dienone is 1. The van der Waals surface area contributed by atoms with E-state index in [9.17, 15) is 13.2 Å². The first-order valence-electron chi connectivity index (χ1n) is 3.95. The maximum absolute atomic E-state index is 12.2. The molecule has 0 saturated carbocycles. The normalized spacial score (nSPS) is 12.3. The van der Waals surface area contributed by atoms with E-state index >= 15 is 0 Å². The number of hydrogen-bond acceptors (Lipinski definition) is 0. The zero-order chi connectivity index (χ0) is 10.6. The number of halogens is 4. The molecule has 0 aliphatic rings. The Bertz CT molecular complexity index is 311. The van der Waals surface area contributed by atoms with Crippen LogP contribution in [0.1, 0.15) is 11.1 Å². The molecule has 0 nitrogen and oxygen atoms in total. The van der Waals surface area contributed by atoms with Crippen LogP contribution in [-0.4, -0.2) is 0 Å². The van der Waals surface area contributed by atoms with E-state index in [0.29, 0.717) is 6.42 Å². The summed E-state index contributed by atoms with van der Waals surface area (Å²) in [5, 5.41) is 0. The van der Waals surface area contributed by atoms with Crippen molar-refractivity contribution in [3.8, 4) is 0 Å². The third kappa shape index (κ3) is 3.18. The highest BCUT2D eigenvalue weighted by Crippen LogP contribution is 2.29. The minimum Gasteiger partial charge on any atom is -0.166 e. The molecule has 0 N–H and O–H groups in total. The molecule has 76 valence electrons. The van der Waals surface area contributed by atoms with Crippen molar-refractivity contribution in [3.05, 3.63) is 46.5 Å². The SMILES string of the molecule is FC(F)(F)c1ccc(CC=CBr)cc1. The summed E-state index contributed by atoms with van der Waals surface area (Å²) in [5.74, 6) is 0. The molecule has 0 spiro atoms. The Morgan fingerprint density at radius 2 is 1.71 bits per heavy atom. The average molecular weight is 265 g/mol. The molecular formula is C10H8BrF3. The van der Waals surface area contributed by atoms with Gasteiger partial charge in [0, 0.05) is 0 Å². The van der Waals surface area contributed by atoms with Gasteiger partial charge >= 0.3 is 6.18 Å². The molecule has 0 aliphatic heterocycles. The van der Waals surface area contributed by atoms with Crippen LogP contribution in [0.2, 0.25) is 0 Å². The highest BCUT2D eigenvalue weighted by Gasteiger charge is 2.29. The molecule has 1 rings (SSSR count). The van der Waals surface area contributed by atoms with Crippen LogP contribution in [-0.2, 0) is 12.6 Å². The number of rotatable bonds is 2. The van der Waals surface area contributed by atoms with Crippen molar-refractivity contribution in [3.63, 3.8) is 0 Å². The highest BCUT2D eigenvalue weighted by atomic mass is 79.9. The van der Waals surface area contributed by atoms with Crippen LogP contribution in [0.15, 0.2) is 35.3 Å². The Morgan fingerprint density at radius 1 is 1.14 bits per heavy atom. The van der Waals surface area contributed by atoms with Crippen LogP contribution in [0.4, 0.5) is 13.2 Å². The Hall–Kier alpha value is -0.770. The summed E-state index contributed by atoms with van der Waals surface area (Å²) in [6.45, 7) is 0. The van der Waals surface area contributed by atoms with Gasteiger partial charge in [-0.2, -0.15) is 13.2 Å². The fourth-order valence-electron chi connectivity index (χ4n) is 1.01. The molecule has 1 aromatic rings. The Labute approximate surface area is 88.6 Å². The van der Waals surface area contributed by atoms with E-state index in [1.807, 2.05) is 6.08 Å². The van der Waals surface area contributed by atoms with Gasteiger partial charge in [0.15, 0.2) is 0 Å². The molecular weight excluding hydrogens is 257 g/mol. The van der Waals surface area contributed by atoms with E-state index in [-0.39, 0.29) is 0 Å². The van der Waals surface area contributed by atoms with Crippen LogP contribution in [0.25, 0.3) is 0 Å². The summed E-state index contributed by atoms with van der Waals surface area (Å²) >= 11 is 3.09. The van der Waals surface area contributed by atoms with Crippen molar-refractivity contribution in [2.75, 3.05) is 0 Å². The first-order chi connectivity index (χ1) is 6.54. The van der Waals surface area contributed by atoms with Crippen molar-refractivity contribution in [1.82, 2.24) is 0 Å². The lowest BCUT2D eigenvalue weighted by atomic mass is 10.1. The topological polar surface area (TPSA) is 0 Å². The molecule has 0 amide bonds. The Balaban J connectivity index is 2.79. The number of alkyl halides is 3. The van der Waals surface area contributed by atoms with E-state index in [4.69, 9.17) is 0 Å². The Morgan fingerprint density at radius 3 is 2.14 bits per heavy atom. The summed E-state index contributed by atoms with van der Waals surface area (Å²) in [6.07, 6.45) is -1.80. The van der Waals surface area contributed by atoms with Gasteiger partial charge < -0.3 is 0 Å². The lowest BCUT2D eigenvalue weighted by Crippen LogP contribution is -2.04. The summed E-state index contributed by atoms with van der Waals surface area (Å²) < 4.78 is 36.5. The van der Waals surface area contributed by atoms with Gasteiger partial charge in [-0.3, -0.25) is 0 Å². The second-order valence-corrected chi connectivity index (χ2v) is 3.29. The molecule has 0 fully saturated rings. The maximum Gasteiger partial charge on any atom is 0.416 e. The fourth-order valence-corrected chi connectivity index (χ4v) is 1.20. The molecule has 4 heteroatoms. The number of hydrogen-bond donors (Lipinski definition) is 0. The monoisotopic (exact) mass is 264 g/mol. The summed E-state index contributed by atoms with van der Waals surface area (Å²) in [4.78, 5) is 1.69. The second-order valence-electron chi connectivity index (χ2n) is 2.76. The van der Waals surface area contributed by atoms with Gasteiger partial charge in [-0.15, -0.1) is 0 Å². The first-order valence-corrected chi connectivity index (χ1v) is 4.87. The quantitative estimate of drug-likeness (QED) is 0.753. The van der Waals surface area contributed by atoms with Gasteiger partial charge in [0.2, 0.25) is 0 Å². The van der Waals surface area contributed by atoms with E-state index in [2.05, 4.69) is 15.9 Å². The van der Waals surface area contributed by atoms with Crippen LogP contribution in [0, 0.1) is 0 Å². The van der Waals surface area contributed by atoms with Crippen LogP contribution >= 0.6 is 15.9 Å². The van der Waals surface area contributed by atoms with E-state index < -0.39 is 11.7 Å². The van der Waals surface area contributed by atoms with Crippen LogP contribution in [0.3, 0.4) is 0 Å². The molecule has 0 heterocycles. The predicted molar refractivity (Wildman–Crippen MR) is 53.2 cm³/mol. The van der Waals surface area contributed by atoms with Gasteiger partial charge in [-0.25, -0.2) is 0 Å². The van der Waals surface area contributed by atoms with Crippen molar-refractivity contribution in [2.45, 2.75) is 12.6 Å². The molecule has 0 aliphatic carbocycles. The molecule has 14 heavy (non-hydrogen) atoms. The lowest BCUT2D eigenvalue weighted by Gasteiger charge is -2.06. The second kappa shape index (κ2) is 4.64. The van der Waals surface area contributed by atoms with Gasteiger partial charge in [0.05, 0.1) is 5.56 Å². The van der Waals surface area contributed by atoms with Gasteiger partial charge in [0.1, 0.15) is 0 Å². The summed E-state index contributed by atoms with van der Waals surface area (Å²) in [5.41, 5.74) is 0.248. The van der Waals surface area contributed by atoms with Crippen LogP contribution < -0.4 is 0 Å². The average Bonchev–Trinajstić information content (AvgIpc) is 2.14. The minimum absolute atomic E-state index is 0.607. The molecule has 0 saturated heterocycles. The lowest BCUT2D eigenvalue weighted by molar-refractivity contribution is -0.137. The van der Waals surface area contributed by atoms with Crippen LogP contribution in [0.5, 0.6) is 0 Å². The van der Waals surface area contributed by atoms with Crippen molar-refractivity contribution in [1.29, 1.82) is 0 Å². The summed E-state index contributed by atoms with van der Waals surface area (Å²) in [6, 6.07) is 5.15. The molecule has 0 unspecified atom stereocenters. The van der Waals surface area contributed by atoms with Gasteiger partial charge in [0.25, 0.3) is 0 Å². The van der Waals surface area contributed by atoms with E-state index in [1.165, 1.54) is 12.1 Å². The van der Waals surface area contributed by atoms with Crippen molar-refractivity contribution < 1.29 is 13.2 Å². The smallest absolute Gasteiger partial charge is 0.166 e. The minimum atomic E-state index is -4.25. The molecule has 0 aromatic heterocycles. The molecule has 0 bridgehead atoms. The van der Waals surface area contributed by atoms with Crippen molar-refractivity contribution >= 4 is 15.9 Å². The zero-order valence-electron chi connectivity index (χ0n) is 7.18. The van der Waals surface area contributed by atoms with Crippen molar-refractivity contribution in [2.24, 2.45) is 0 Å². The third-order valence-corrected chi connectivity index (χ3v) is 2.10. The predicted octanol–water partition coefficient (Wildman–Crippen LogP) is 4.16. The fraction of sp³-hybridized carbons (Fsp3) is 0.200. The highest BCUT2D eigenvalue weighted by molar-refractivity contribution is 9.11. The third-order valence-electron chi connectivity index (χ3n) is 1.72. The van der Waals surface area contributed by atoms with E-state index in [0.717, 1.165) is 17.7 Å². The molecule has 1 aromatic carbocycles. The molecule has 0 radical (unpaired) electrons. The largest absolute Gasteiger partial charge is 0.416 e. The summed E-state index contributed by atoms with van der Waals surface area (Å²) in [7, 11) is 0. The Kier molecular flexibility index (Phi) is 3.75. The van der Waals surface area contributed by atoms with Gasteiger partial charge in [-0.1, -0.05) is 34.1 Å². The molecule has 0 atom stereocenters. The van der Waals surface area contributed by atoms with E-state index in [1.54, 1.807) is 4.99 Å². The van der Waals surface area contributed by atoms with Gasteiger partial charge in [-0.05, 0) is 29.1 Å². The number of benzene rings is 1. The first kappa shape index (κ1) is 11.3.